The van der Waals surface area contributed by atoms with Crippen molar-refractivity contribution in [2.45, 2.75) is 26.2 Å². The van der Waals surface area contributed by atoms with Crippen LogP contribution in [0.15, 0.2) is 48.2 Å². The van der Waals surface area contributed by atoms with Crippen molar-refractivity contribution in [2.75, 3.05) is 11.4 Å². The van der Waals surface area contributed by atoms with E-state index in [0.29, 0.717) is 0 Å². The third-order valence-corrected chi connectivity index (χ3v) is 3.89. The quantitative estimate of drug-likeness (QED) is 0.696. The number of fused-ring (bicyclic) bond motifs is 1. The SMILES string of the molecule is Cc1ccccc1N1CCCC2CC=CC=C21. The van der Waals surface area contributed by atoms with Gasteiger partial charge in [0.2, 0.25) is 0 Å². The number of para-hydroxylation sites is 1. The maximum Gasteiger partial charge on any atom is 0.0438 e. The van der Waals surface area contributed by atoms with Gasteiger partial charge in [-0.1, -0.05) is 30.4 Å². The normalized spacial score (nSPS) is 23.2. The molecule has 0 amide bonds. The van der Waals surface area contributed by atoms with Gasteiger partial charge in [-0.2, -0.15) is 0 Å². The summed E-state index contributed by atoms with van der Waals surface area (Å²) in [5.74, 6) is 0.744. The number of hydrogen-bond donors (Lipinski definition) is 0. The smallest absolute Gasteiger partial charge is 0.0438 e. The van der Waals surface area contributed by atoms with Gasteiger partial charge in [-0.25, -0.2) is 0 Å². The van der Waals surface area contributed by atoms with Gasteiger partial charge in [0.05, 0.1) is 0 Å². The third kappa shape index (κ3) is 1.90. The summed E-state index contributed by atoms with van der Waals surface area (Å²) in [7, 11) is 0. The lowest BCUT2D eigenvalue weighted by Crippen LogP contribution is -2.34. The second-order valence-corrected chi connectivity index (χ2v) is 5.03. The summed E-state index contributed by atoms with van der Waals surface area (Å²) >= 11 is 0. The summed E-state index contributed by atoms with van der Waals surface area (Å²) in [6.07, 6.45) is 10.7. The van der Waals surface area contributed by atoms with Crippen LogP contribution in [0.25, 0.3) is 0 Å². The number of allylic oxidation sites excluding steroid dienone is 4. The monoisotopic (exact) mass is 225 g/mol. The zero-order chi connectivity index (χ0) is 11.7. The van der Waals surface area contributed by atoms with E-state index in [1.54, 1.807) is 0 Å². The van der Waals surface area contributed by atoms with Crippen LogP contribution in [0.5, 0.6) is 0 Å². The summed E-state index contributed by atoms with van der Waals surface area (Å²) in [5.41, 5.74) is 4.29. The van der Waals surface area contributed by atoms with E-state index in [4.69, 9.17) is 0 Å². The molecular formula is C16H19N. The van der Waals surface area contributed by atoms with Crippen LogP contribution in [0.4, 0.5) is 5.69 Å². The van der Waals surface area contributed by atoms with Gasteiger partial charge in [0, 0.05) is 23.8 Å². The molecule has 2 aliphatic rings. The van der Waals surface area contributed by atoms with Crippen molar-refractivity contribution in [3.8, 4) is 0 Å². The van der Waals surface area contributed by atoms with E-state index < -0.39 is 0 Å². The van der Waals surface area contributed by atoms with Crippen LogP contribution in [0.3, 0.4) is 0 Å². The first-order valence-electron chi connectivity index (χ1n) is 6.56. The maximum atomic E-state index is 2.52. The van der Waals surface area contributed by atoms with Crippen LogP contribution < -0.4 is 4.90 Å². The lowest BCUT2D eigenvalue weighted by Gasteiger charge is -2.38. The zero-order valence-corrected chi connectivity index (χ0v) is 10.4. The average molecular weight is 225 g/mol. The van der Waals surface area contributed by atoms with E-state index in [0.717, 1.165) is 5.92 Å². The minimum absolute atomic E-state index is 0.744. The molecule has 1 aromatic carbocycles. The molecule has 17 heavy (non-hydrogen) atoms. The number of hydrogen-bond acceptors (Lipinski definition) is 1. The fourth-order valence-corrected chi connectivity index (χ4v) is 2.99. The fraction of sp³-hybridized carbons (Fsp3) is 0.375. The summed E-state index contributed by atoms with van der Waals surface area (Å²) < 4.78 is 0. The number of rotatable bonds is 1. The van der Waals surface area contributed by atoms with Crippen molar-refractivity contribution in [1.82, 2.24) is 0 Å². The molecule has 1 aliphatic heterocycles. The van der Waals surface area contributed by atoms with Gasteiger partial charge in [0.1, 0.15) is 0 Å². The van der Waals surface area contributed by atoms with Gasteiger partial charge in [-0.05, 0) is 43.9 Å². The third-order valence-electron chi connectivity index (χ3n) is 3.89. The van der Waals surface area contributed by atoms with Crippen LogP contribution in [-0.4, -0.2) is 6.54 Å². The molecule has 1 nitrogen and oxygen atoms in total. The Bertz CT molecular complexity index is 470. The highest BCUT2D eigenvalue weighted by molar-refractivity contribution is 5.59. The minimum atomic E-state index is 0.744. The van der Waals surface area contributed by atoms with Gasteiger partial charge < -0.3 is 4.90 Å². The summed E-state index contributed by atoms with van der Waals surface area (Å²) in [6.45, 7) is 3.37. The number of anilines is 1. The first-order chi connectivity index (χ1) is 8.36. The van der Waals surface area contributed by atoms with Crippen LogP contribution in [0, 0.1) is 12.8 Å². The molecule has 0 aromatic heterocycles. The maximum absolute atomic E-state index is 2.52. The van der Waals surface area contributed by atoms with E-state index in [1.165, 1.54) is 42.8 Å². The van der Waals surface area contributed by atoms with Crippen LogP contribution in [0.1, 0.15) is 24.8 Å². The van der Waals surface area contributed by atoms with Crippen molar-refractivity contribution < 1.29 is 0 Å². The Hall–Kier alpha value is -1.50. The Morgan fingerprint density at radius 1 is 1.24 bits per heavy atom. The van der Waals surface area contributed by atoms with Crippen molar-refractivity contribution in [2.24, 2.45) is 5.92 Å². The van der Waals surface area contributed by atoms with Crippen molar-refractivity contribution in [3.63, 3.8) is 0 Å². The van der Waals surface area contributed by atoms with Gasteiger partial charge in [0.25, 0.3) is 0 Å². The lowest BCUT2D eigenvalue weighted by atomic mass is 9.87. The molecule has 1 atom stereocenters. The van der Waals surface area contributed by atoms with Gasteiger partial charge in [-0.3, -0.25) is 0 Å². The van der Waals surface area contributed by atoms with Crippen LogP contribution in [-0.2, 0) is 0 Å². The average Bonchev–Trinajstić information content (AvgIpc) is 2.39. The van der Waals surface area contributed by atoms with Crippen LogP contribution in [0.2, 0.25) is 0 Å². The summed E-state index contributed by atoms with van der Waals surface area (Å²) in [4.78, 5) is 2.52. The van der Waals surface area contributed by atoms with Gasteiger partial charge in [0.15, 0.2) is 0 Å². The summed E-state index contributed by atoms with van der Waals surface area (Å²) in [5, 5.41) is 0. The molecule has 0 saturated carbocycles. The zero-order valence-electron chi connectivity index (χ0n) is 10.4. The molecule has 1 fully saturated rings. The Kier molecular flexibility index (Phi) is 2.76. The number of benzene rings is 1. The predicted octanol–water partition coefficient (Wildman–Crippen LogP) is 4.06. The lowest BCUT2D eigenvalue weighted by molar-refractivity contribution is 0.475. The molecule has 3 rings (SSSR count). The minimum Gasteiger partial charge on any atom is -0.345 e. The molecule has 1 saturated heterocycles. The van der Waals surface area contributed by atoms with Gasteiger partial charge >= 0.3 is 0 Å². The second kappa shape index (κ2) is 4.40. The molecule has 1 heterocycles. The molecular weight excluding hydrogens is 206 g/mol. The highest BCUT2D eigenvalue weighted by atomic mass is 15.2. The molecule has 1 aliphatic carbocycles. The van der Waals surface area contributed by atoms with E-state index in [9.17, 15) is 0 Å². The standard InChI is InChI=1S/C16H19N/c1-13-7-2-4-10-15(13)17-12-6-9-14-8-3-5-11-16(14)17/h2-5,7,10-11,14H,6,8-9,12H2,1H3. The predicted molar refractivity (Wildman–Crippen MR) is 73.1 cm³/mol. The second-order valence-electron chi connectivity index (χ2n) is 5.03. The van der Waals surface area contributed by atoms with E-state index in [2.05, 4.69) is 54.3 Å². The van der Waals surface area contributed by atoms with Crippen molar-refractivity contribution in [1.29, 1.82) is 0 Å². The topological polar surface area (TPSA) is 3.24 Å². The molecule has 1 unspecified atom stereocenters. The van der Waals surface area contributed by atoms with E-state index in [1.807, 2.05) is 0 Å². The Labute approximate surface area is 103 Å². The molecule has 0 bridgehead atoms. The summed E-state index contributed by atoms with van der Waals surface area (Å²) in [6, 6.07) is 8.72. The number of aryl methyl sites for hydroxylation is 1. The van der Waals surface area contributed by atoms with Crippen molar-refractivity contribution >= 4 is 5.69 Å². The van der Waals surface area contributed by atoms with Crippen molar-refractivity contribution in [3.05, 3.63) is 53.8 Å². The molecule has 0 radical (unpaired) electrons. The first kappa shape index (κ1) is 10.6. The molecule has 0 N–H and O–H groups in total. The Morgan fingerprint density at radius 2 is 2.12 bits per heavy atom. The Morgan fingerprint density at radius 3 is 3.00 bits per heavy atom. The van der Waals surface area contributed by atoms with E-state index >= 15 is 0 Å². The van der Waals surface area contributed by atoms with E-state index in [-0.39, 0.29) is 0 Å². The largest absolute Gasteiger partial charge is 0.345 e. The van der Waals surface area contributed by atoms with Gasteiger partial charge in [-0.15, -0.1) is 0 Å². The highest BCUT2D eigenvalue weighted by Gasteiger charge is 2.26. The molecule has 0 spiro atoms. The molecule has 1 aromatic rings. The molecule has 1 heteroatoms. The van der Waals surface area contributed by atoms with Crippen LogP contribution >= 0.6 is 0 Å². The Balaban J connectivity index is 1.99. The number of piperidine rings is 1. The fourth-order valence-electron chi connectivity index (χ4n) is 2.99. The highest BCUT2D eigenvalue weighted by Crippen LogP contribution is 2.36. The number of nitrogens with zero attached hydrogens (tertiary/aromatic N) is 1. The first-order valence-corrected chi connectivity index (χ1v) is 6.56. The molecule has 88 valence electrons.